The number of benzene rings is 2. The first-order valence-corrected chi connectivity index (χ1v) is 8.72. The zero-order valence-electron chi connectivity index (χ0n) is 14.2. The van der Waals surface area contributed by atoms with Crippen LogP contribution in [0.4, 0.5) is 10.1 Å². The van der Waals surface area contributed by atoms with E-state index in [1.165, 1.54) is 29.2 Å². The lowest BCUT2D eigenvalue weighted by Gasteiger charge is -2.34. The first kappa shape index (κ1) is 18.8. The molecule has 0 bridgehead atoms. The number of nitrogens with one attached hydrogen (secondary N) is 2. The second-order valence-corrected chi connectivity index (χ2v) is 6.45. The van der Waals surface area contributed by atoms with Crippen LogP contribution in [0.2, 0.25) is 5.02 Å². The smallest absolute Gasteiger partial charge is 0.254 e. The summed E-state index contributed by atoms with van der Waals surface area (Å²) in [6.07, 6.45) is -0.218. The summed E-state index contributed by atoms with van der Waals surface area (Å²) in [7, 11) is 0. The van der Waals surface area contributed by atoms with Crippen molar-refractivity contribution in [1.82, 2.24) is 10.2 Å². The molecule has 140 valence electrons. The number of amides is 3. The van der Waals surface area contributed by atoms with E-state index in [1.807, 2.05) is 0 Å². The van der Waals surface area contributed by atoms with E-state index < -0.39 is 29.6 Å². The second kappa shape index (κ2) is 8.18. The molecule has 0 radical (unpaired) electrons. The maximum Gasteiger partial charge on any atom is 0.254 e. The molecule has 8 heteroatoms. The summed E-state index contributed by atoms with van der Waals surface area (Å²) < 4.78 is 13.1. The molecule has 0 spiro atoms. The molecule has 27 heavy (non-hydrogen) atoms. The van der Waals surface area contributed by atoms with Gasteiger partial charge in [-0.05, 0) is 36.4 Å². The van der Waals surface area contributed by atoms with E-state index in [9.17, 15) is 18.8 Å². The molecule has 1 saturated heterocycles. The Morgan fingerprint density at radius 1 is 1.19 bits per heavy atom. The molecule has 6 nitrogen and oxygen atoms in total. The summed E-state index contributed by atoms with van der Waals surface area (Å²) >= 11 is 6.02. The highest BCUT2D eigenvalue weighted by Gasteiger charge is 2.35. The molecule has 1 aliphatic heterocycles. The van der Waals surface area contributed by atoms with Gasteiger partial charge in [-0.15, -0.1) is 0 Å². The van der Waals surface area contributed by atoms with Gasteiger partial charge in [0.1, 0.15) is 11.9 Å². The number of nitrogens with zero attached hydrogens (tertiary/aromatic N) is 1. The quantitative estimate of drug-likeness (QED) is 0.843. The van der Waals surface area contributed by atoms with Crippen molar-refractivity contribution >= 4 is 35.0 Å². The Balaban J connectivity index is 1.75. The maximum absolute atomic E-state index is 13.1. The number of halogens is 2. The molecule has 1 aliphatic rings. The molecule has 0 saturated carbocycles. The first-order valence-electron chi connectivity index (χ1n) is 8.34. The predicted molar refractivity (Wildman–Crippen MR) is 98.9 cm³/mol. The first-order chi connectivity index (χ1) is 13.0. The highest BCUT2D eigenvalue weighted by Crippen LogP contribution is 2.21. The fourth-order valence-corrected chi connectivity index (χ4v) is 3.04. The second-order valence-electron chi connectivity index (χ2n) is 6.04. The highest BCUT2D eigenvalue weighted by molar-refractivity contribution is 6.33. The Labute approximate surface area is 160 Å². The van der Waals surface area contributed by atoms with Crippen LogP contribution in [0.5, 0.6) is 0 Å². The molecule has 1 heterocycles. The highest BCUT2D eigenvalue weighted by atomic mass is 35.5. The summed E-state index contributed by atoms with van der Waals surface area (Å²) in [6.45, 7) is 0.542. The number of rotatable bonds is 4. The van der Waals surface area contributed by atoms with Crippen LogP contribution >= 0.6 is 11.6 Å². The van der Waals surface area contributed by atoms with Crippen LogP contribution in [-0.4, -0.2) is 41.8 Å². The Morgan fingerprint density at radius 3 is 2.59 bits per heavy atom. The van der Waals surface area contributed by atoms with Crippen LogP contribution in [0.25, 0.3) is 0 Å². The van der Waals surface area contributed by atoms with Crippen LogP contribution < -0.4 is 10.6 Å². The van der Waals surface area contributed by atoms with E-state index in [4.69, 9.17) is 11.6 Å². The third-order valence-corrected chi connectivity index (χ3v) is 4.54. The topological polar surface area (TPSA) is 78.5 Å². The van der Waals surface area contributed by atoms with Gasteiger partial charge in [0.25, 0.3) is 5.91 Å². The van der Waals surface area contributed by atoms with Gasteiger partial charge in [-0.3, -0.25) is 14.4 Å². The molecule has 1 unspecified atom stereocenters. The van der Waals surface area contributed by atoms with E-state index in [2.05, 4.69) is 10.6 Å². The molecule has 2 aromatic rings. The molecule has 3 amide bonds. The number of para-hydroxylation sites is 1. The van der Waals surface area contributed by atoms with Gasteiger partial charge in [-0.2, -0.15) is 0 Å². The lowest BCUT2D eigenvalue weighted by molar-refractivity contribution is -0.131. The lowest BCUT2D eigenvalue weighted by atomic mass is 10.1. The minimum absolute atomic E-state index is 0.218. The van der Waals surface area contributed by atoms with Crippen LogP contribution in [0, 0.1) is 5.82 Å². The average molecular weight is 390 g/mol. The van der Waals surface area contributed by atoms with E-state index in [0.717, 1.165) is 0 Å². The molecule has 3 rings (SSSR count). The number of hydrogen-bond donors (Lipinski definition) is 2. The van der Waals surface area contributed by atoms with Gasteiger partial charge in [0.05, 0.1) is 17.1 Å². The Bertz CT molecular complexity index is 873. The summed E-state index contributed by atoms with van der Waals surface area (Å²) in [5, 5.41) is 5.68. The summed E-state index contributed by atoms with van der Waals surface area (Å²) in [5.74, 6) is -1.74. The van der Waals surface area contributed by atoms with Crippen LogP contribution in [-0.2, 0) is 9.59 Å². The Hall–Kier alpha value is -2.93. The summed E-state index contributed by atoms with van der Waals surface area (Å²) in [6, 6.07) is 10.8. The van der Waals surface area contributed by atoms with E-state index in [0.29, 0.717) is 10.7 Å². The summed E-state index contributed by atoms with van der Waals surface area (Å²) in [4.78, 5) is 38.7. The van der Waals surface area contributed by atoms with Crippen molar-refractivity contribution in [3.63, 3.8) is 0 Å². The number of carbonyl (C=O) groups is 3. The fourth-order valence-electron chi connectivity index (χ4n) is 2.86. The molecule has 1 atom stereocenters. The lowest BCUT2D eigenvalue weighted by Crippen LogP contribution is -2.58. The molecule has 0 aromatic heterocycles. The normalized spacial score (nSPS) is 16.6. The predicted octanol–water partition coefficient (Wildman–Crippen LogP) is 2.45. The zero-order chi connectivity index (χ0) is 19.4. The van der Waals surface area contributed by atoms with Crippen molar-refractivity contribution in [2.75, 3.05) is 18.4 Å². The van der Waals surface area contributed by atoms with Gasteiger partial charge < -0.3 is 15.5 Å². The van der Waals surface area contributed by atoms with Crippen LogP contribution in [0.15, 0.2) is 48.5 Å². The van der Waals surface area contributed by atoms with Gasteiger partial charge in [-0.25, -0.2) is 4.39 Å². The largest absolute Gasteiger partial charge is 0.353 e. The van der Waals surface area contributed by atoms with Crippen molar-refractivity contribution in [2.24, 2.45) is 0 Å². The monoisotopic (exact) mass is 389 g/mol. The van der Waals surface area contributed by atoms with E-state index >= 15 is 0 Å². The molecular weight excluding hydrogens is 373 g/mol. The van der Waals surface area contributed by atoms with Crippen LogP contribution in [0.3, 0.4) is 0 Å². The van der Waals surface area contributed by atoms with E-state index in [-0.39, 0.29) is 25.1 Å². The van der Waals surface area contributed by atoms with Crippen molar-refractivity contribution in [2.45, 2.75) is 12.5 Å². The molecule has 2 N–H and O–H groups in total. The van der Waals surface area contributed by atoms with Gasteiger partial charge in [0, 0.05) is 18.7 Å². The average Bonchev–Trinajstić information content (AvgIpc) is 2.65. The third-order valence-electron chi connectivity index (χ3n) is 4.21. The van der Waals surface area contributed by atoms with Crippen molar-refractivity contribution < 1.29 is 18.8 Å². The maximum atomic E-state index is 13.1. The number of piperazine rings is 1. The van der Waals surface area contributed by atoms with Gasteiger partial charge >= 0.3 is 0 Å². The molecule has 1 fully saturated rings. The summed E-state index contributed by atoms with van der Waals surface area (Å²) in [5.41, 5.74) is 0.680. The van der Waals surface area contributed by atoms with Gasteiger partial charge in [0.2, 0.25) is 11.8 Å². The molecule has 2 aromatic carbocycles. The standard InChI is InChI=1S/C19H17ClFN3O3/c20-14-3-1-2-4-15(14)23-17(25)11-16-18(26)22-9-10-24(16)19(27)12-5-7-13(21)8-6-12/h1-8,16H,9-11H2,(H,22,26)(H,23,25). The zero-order valence-corrected chi connectivity index (χ0v) is 15.0. The SMILES string of the molecule is O=C(CC1C(=O)NCCN1C(=O)c1ccc(F)cc1)Nc1ccccc1Cl. The minimum atomic E-state index is -0.959. The Kier molecular flexibility index (Phi) is 5.71. The number of anilines is 1. The number of carbonyl (C=O) groups excluding carboxylic acids is 3. The van der Waals surface area contributed by atoms with Gasteiger partial charge in [-0.1, -0.05) is 23.7 Å². The Morgan fingerprint density at radius 2 is 1.89 bits per heavy atom. The fraction of sp³-hybridized carbons (Fsp3) is 0.211. The van der Waals surface area contributed by atoms with Crippen LogP contribution in [0.1, 0.15) is 16.8 Å². The van der Waals surface area contributed by atoms with Gasteiger partial charge in [0.15, 0.2) is 0 Å². The van der Waals surface area contributed by atoms with Crippen molar-refractivity contribution in [3.05, 3.63) is 64.9 Å². The van der Waals surface area contributed by atoms with Crippen molar-refractivity contribution in [3.8, 4) is 0 Å². The van der Waals surface area contributed by atoms with Crippen molar-refractivity contribution in [1.29, 1.82) is 0 Å². The molecular formula is C19H17ClFN3O3. The molecule has 0 aliphatic carbocycles. The minimum Gasteiger partial charge on any atom is -0.353 e. The number of hydrogen-bond acceptors (Lipinski definition) is 3. The van der Waals surface area contributed by atoms with E-state index in [1.54, 1.807) is 24.3 Å². The third kappa shape index (κ3) is 4.43.